The predicted molar refractivity (Wildman–Crippen MR) is 163 cm³/mol. The van der Waals surface area contributed by atoms with Gasteiger partial charge in [0.15, 0.2) is 0 Å². The highest BCUT2D eigenvalue weighted by atomic mass is 16.5. The number of ether oxygens (including phenoxy) is 3. The minimum Gasteiger partial charge on any atom is -0.497 e. The van der Waals surface area contributed by atoms with Crippen LogP contribution in [0, 0.1) is 6.92 Å². The highest BCUT2D eigenvalue weighted by Gasteiger charge is 2.39. The van der Waals surface area contributed by atoms with Crippen LogP contribution in [0.25, 0.3) is 0 Å². The summed E-state index contributed by atoms with van der Waals surface area (Å²) < 4.78 is 17.9. The second-order valence-electron chi connectivity index (χ2n) is 10.8. The summed E-state index contributed by atoms with van der Waals surface area (Å²) in [4.78, 5) is 15.0. The Labute approximate surface area is 243 Å². The molecule has 1 aliphatic heterocycles. The molecule has 4 aromatic rings. The van der Waals surface area contributed by atoms with Gasteiger partial charge in [0.25, 0.3) is 0 Å². The average molecular weight is 550 g/mol. The summed E-state index contributed by atoms with van der Waals surface area (Å²) in [6, 6.07) is 35.2. The number of hydrogen-bond acceptors (Lipinski definition) is 5. The van der Waals surface area contributed by atoms with Crippen LogP contribution in [-0.4, -0.2) is 50.6 Å². The lowest BCUT2D eigenvalue weighted by Crippen LogP contribution is -2.40. The smallest absolute Gasteiger partial charge is 0.146 e. The minimum absolute atomic E-state index is 0.128. The van der Waals surface area contributed by atoms with E-state index >= 15 is 0 Å². The third-order valence-electron chi connectivity index (χ3n) is 8.29. The second-order valence-corrected chi connectivity index (χ2v) is 10.8. The first-order valence-electron chi connectivity index (χ1n) is 14.2. The molecule has 1 heterocycles. The van der Waals surface area contributed by atoms with E-state index in [-0.39, 0.29) is 17.7 Å². The van der Waals surface area contributed by atoms with Crippen LogP contribution in [0.4, 0.5) is 0 Å². The molecular weight excluding hydrogens is 510 g/mol. The largest absolute Gasteiger partial charge is 0.497 e. The molecule has 1 unspecified atom stereocenters. The normalized spacial score (nSPS) is 18.5. The Hall–Kier alpha value is -3.93. The van der Waals surface area contributed by atoms with Crippen LogP contribution in [0.3, 0.4) is 0 Å². The molecule has 0 amide bonds. The maximum Gasteiger partial charge on any atom is 0.146 e. The lowest BCUT2D eigenvalue weighted by molar-refractivity contribution is -0.121. The highest BCUT2D eigenvalue weighted by molar-refractivity contribution is 5.82. The van der Waals surface area contributed by atoms with Crippen molar-refractivity contribution in [1.82, 2.24) is 4.90 Å². The molecule has 5 nitrogen and oxygen atoms in total. The number of nitrogens with zero attached hydrogens (tertiary/aromatic N) is 1. The molecule has 0 aromatic heterocycles. The van der Waals surface area contributed by atoms with Crippen LogP contribution in [0.2, 0.25) is 0 Å². The van der Waals surface area contributed by atoms with E-state index in [2.05, 4.69) is 84.6 Å². The van der Waals surface area contributed by atoms with Crippen molar-refractivity contribution in [2.45, 2.75) is 37.8 Å². The van der Waals surface area contributed by atoms with E-state index in [0.29, 0.717) is 13.2 Å². The Morgan fingerprint density at radius 2 is 1.32 bits per heavy atom. The van der Waals surface area contributed by atoms with Gasteiger partial charge >= 0.3 is 0 Å². The second kappa shape index (κ2) is 12.7. The predicted octanol–water partition coefficient (Wildman–Crippen LogP) is 6.77. The van der Waals surface area contributed by atoms with Crippen molar-refractivity contribution in [2.75, 3.05) is 33.9 Å². The van der Waals surface area contributed by atoms with E-state index in [4.69, 9.17) is 14.2 Å². The van der Waals surface area contributed by atoms with E-state index in [0.717, 1.165) is 41.2 Å². The van der Waals surface area contributed by atoms with Gasteiger partial charge in [0.2, 0.25) is 0 Å². The number of benzene rings is 4. The minimum atomic E-state index is -0.831. The molecule has 5 heteroatoms. The first-order chi connectivity index (χ1) is 19.9. The van der Waals surface area contributed by atoms with E-state index in [1.165, 1.54) is 11.1 Å². The van der Waals surface area contributed by atoms with Crippen molar-refractivity contribution in [2.24, 2.45) is 0 Å². The average Bonchev–Trinajstić information content (AvgIpc) is 3.45. The molecule has 0 spiro atoms. The van der Waals surface area contributed by atoms with Crippen LogP contribution in [-0.2, 0) is 15.1 Å². The third kappa shape index (κ3) is 6.07. The van der Waals surface area contributed by atoms with Gasteiger partial charge in [-0.2, -0.15) is 0 Å². The molecule has 1 saturated heterocycles. The molecule has 0 saturated carbocycles. The highest BCUT2D eigenvalue weighted by Crippen LogP contribution is 2.41. The summed E-state index contributed by atoms with van der Waals surface area (Å²) in [5.41, 5.74) is 4.72. The molecule has 212 valence electrons. The molecular formula is C36H39NO4. The van der Waals surface area contributed by atoms with Gasteiger partial charge in [-0.25, -0.2) is 0 Å². The number of hydrogen-bond donors (Lipinski definition) is 0. The van der Waals surface area contributed by atoms with Crippen LogP contribution >= 0.6 is 0 Å². The number of ketones is 1. The molecule has 1 fully saturated rings. The number of aryl methyl sites for hydroxylation is 1. The van der Waals surface area contributed by atoms with Crippen LogP contribution < -0.4 is 9.47 Å². The van der Waals surface area contributed by atoms with Gasteiger partial charge < -0.3 is 14.2 Å². The fourth-order valence-corrected chi connectivity index (χ4v) is 6.04. The van der Waals surface area contributed by atoms with Crippen molar-refractivity contribution in [3.05, 3.63) is 131 Å². The van der Waals surface area contributed by atoms with E-state index in [1.807, 2.05) is 30.3 Å². The molecule has 0 N–H and O–H groups in total. The summed E-state index contributed by atoms with van der Waals surface area (Å²) in [6.07, 6.45) is 0.807. The molecule has 41 heavy (non-hydrogen) atoms. The Morgan fingerprint density at radius 3 is 1.88 bits per heavy atom. The molecule has 5 rings (SSSR count). The van der Waals surface area contributed by atoms with Crippen molar-refractivity contribution < 1.29 is 19.0 Å². The number of carbonyl (C=O) groups excluding carboxylic acids is 1. The quantitative estimate of drug-likeness (QED) is 0.193. The molecule has 1 aliphatic rings. The van der Waals surface area contributed by atoms with Crippen LogP contribution in [0.15, 0.2) is 103 Å². The summed E-state index contributed by atoms with van der Waals surface area (Å²) >= 11 is 0. The zero-order chi connectivity index (χ0) is 28.8. The fraction of sp³-hybridized carbons (Fsp3) is 0.306. The number of methoxy groups -OCH3 is 2. The SMILES string of the molecule is COc1ccc([C@H]2C[C@@H](C(C)=O)N(CCOC(c3ccccc3)(c3ccc(C)cc3)c3ccc(OC)cc3)C2)cc1. The van der Waals surface area contributed by atoms with Crippen LogP contribution in [0.1, 0.15) is 47.1 Å². The van der Waals surface area contributed by atoms with E-state index in [9.17, 15) is 4.79 Å². The van der Waals surface area contributed by atoms with Gasteiger partial charge in [0.1, 0.15) is 22.9 Å². The molecule has 3 atom stereocenters. The van der Waals surface area contributed by atoms with Gasteiger partial charge in [-0.3, -0.25) is 9.69 Å². The van der Waals surface area contributed by atoms with E-state index in [1.54, 1.807) is 21.1 Å². The Kier molecular flexibility index (Phi) is 8.87. The lowest BCUT2D eigenvalue weighted by Gasteiger charge is -2.37. The number of carbonyl (C=O) groups is 1. The maximum absolute atomic E-state index is 12.7. The standard InChI is InChI=1S/C36H39NO4/c1-26-10-14-31(15-11-26)36(30-8-6-5-7-9-30,32-16-20-34(40-4)21-17-32)41-23-22-37-25-29(24-35(37)27(2)38)28-12-18-33(39-3)19-13-28/h5-21,29,35H,22-25H2,1-4H3/t29-,35-,36?/m0/s1. The summed E-state index contributed by atoms with van der Waals surface area (Å²) in [5.74, 6) is 2.12. The fourth-order valence-electron chi connectivity index (χ4n) is 6.04. The van der Waals surface area contributed by atoms with Gasteiger partial charge in [0.05, 0.1) is 26.9 Å². The van der Waals surface area contributed by atoms with Gasteiger partial charge in [-0.15, -0.1) is 0 Å². The first-order valence-corrected chi connectivity index (χ1v) is 14.2. The van der Waals surface area contributed by atoms with Crippen molar-refractivity contribution in [3.63, 3.8) is 0 Å². The number of likely N-dealkylation sites (tertiary alicyclic amines) is 1. The number of Topliss-reactive ketones (excluding diaryl/α,β-unsaturated/α-hetero) is 1. The zero-order valence-corrected chi connectivity index (χ0v) is 24.4. The van der Waals surface area contributed by atoms with Crippen LogP contribution in [0.5, 0.6) is 11.5 Å². The van der Waals surface area contributed by atoms with Gasteiger partial charge in [-0.1, -0.05) is 84.4 Å². The molecule has 0 bridgehead atoms. The van der Waals surface area contributed by atoms with Crippen molar-refractivity contribution in [3.8, 4) is 11.5 Å². The summed E-state index contributed by atoms with van der Waals surface area (Å²) in [5, 5.41) is 0. The Morgan fingerprint density at radius 1 is 0.780 bits per heavy atom. The van der Waals surface area contributed by atoms with Gasteiger partial charge in [-0.05, 0) is 72.7 Å². The number of rotatable bonds is 11. The topological polar surface area (TPSA) is 48.0 Å². The third-order valence-corrected chi connectivity index (χ3v) is 8.29. The summed E-state index contributed by atoms with van der Waals surface area (Å²) in [6.45, 7) is 5.70. The Bertz CT molecular complexity index is 1420. The maximum atomic E-state index is 12.7. The summed E-state index contributed by atoms with van der Waals surface area (Å²) in [7, 11) is 3.35. The monoisotopic (exact) mass is 549 g/mol. The zero-order valence-electron chi connectivity index (χ0n) is 24.4. The first kappa shape index (κ1) is 28.6. The molecule has 0 radical (unpaired) electrons. The molecule has 0 aliphatic carbocycles. The van der Waals surface area contributed by atoms with Crippen molar-refractivity contribution >= 4 is 5.78 Å². The Balaban J connectivity index is 1.45. The van der Waals surface area contributed by atoms with Crippen molar-refractivity contribution in [1.29, 1.82) is 0 Å². The van der Waals surface area contributed by atoms with E-state index < -0.39 is 5.60 Å². The molecule has 4 aromatic carbocycles. The van der Waals surface area contributed by atoms with Gasteiger partial charge in [0, 0.05) is 13.1 Å². The lowest BCUT2D eigenvalue weighted by atomic mass is 9.79.